The molecule has 1 aromatic carbocycles. The van der Waals surface area contributed by atoms with Gasteiger partial charge in [-0.15, -0.1) is 11.3 Å². The summed E-state index contributed by atoms with van der Waals surface area (Å²) in [7, 11) is 0. The van der Waals surface area contributed by atoms with Gasteiger partial charge in [0.05, 0.1) is 29.4 Å². The summed E-state index contributed by atoms with van der Waals surface area (Å²) >= 11 is 1.54. The molecule has 5 rings (SSSR count). The zero-order chi connectivity index (χ0) is 24.4. The number of nitrogens with one attached hydrogen (secondary N) is 1. The van der Waals surface area contributed by atoms with Crippen LogP contribution in [0.4, 0.5) is 0 Å². The summed E-state index contributed by atoms with van der Waals surface area (Å²) in [5, 5.41) is 9.67. The van der Waals surface area contributed by atoms with E-state index in [1.807, 2.05) is 49.6 Å². The zero-order valence-electron chi connectivity index (χ0n) is 19.3. The molecule has 1 amide bonds. The van der Waals surface area contributed by atoms with Gasteiger partial charge in [0.15, 0.2) is 23.8 Å². The van der Waals surface area contributed by atoms with E-state index in [0.29, 0.717) is 48.0 Å². The molecule has 1 N–H and O–H groups in total. The minimum Gasteiger partial charge on any atom is -0.486 e. The maximum absolute atomic E-state index is 13.1. The fourth-order valence-corrected chi connectivity index (χ4v) is 4.42. The van der Waals surface area contributed by atoms with Crippen LogP contribution in [-0.4, -0.2) is 46.5 Å². The standard InChI is InChI=1S/C25H24N4O5S/c1-15(2)29-24-19(13-27-29)18(25(31)34-14-23(30)26-12-17-4-3-9-35-17)11-20(28-24)16-5-6-21-22(10-16)33-8-7-32-21/h3-6,9-11,13,15H,7-8,12,14H2,1-2H3,(H,26,30). The predicted molar refractivity (Wildman–Crippen MR) is 131 cm³/mol. The van der Waals surface area contributed by atoms with Gasteiger partial charge in [-0.25, -0.2) is 14.5 Å². The lowest BCUT2D eigenvalue weighted by atomic mass is 10.1. The van der Waals surface area contributed by atoms with Crippen molar-refractivity contribution in [2.45, 2.75) is 26.4 Å². The third-order valence-electron chi connectivity index (χ3n) is 5.49. The second kappa shape index (κ2) is 9.75. The lowest BCUT2D eigenvalue weighted by Crippen LogP contribution is -2.28. The summed E-state index contributed by atoms with van der Waals surface area (Å²) < 4.78 is 18.4. The first-order valence-electron chi connectivity index (χ1n) is 11.2. The Kier molecular flexibility index (Phi) is 6.37. The van der Waals surface area contributed by atoms with Crippen LogP contribution in [-0.2, 0) is 16.1 Å². The molecular formula is C25H24N4O5S. The predicted octanol–water partition coefficient (Wildman–Crippen LogP) is 3.99. The highest BCUT2D eigenvalue weighted by atomic mass is 32.1. The van der Waals surface area contributed by atoms with E-state index in [0.717, 1.165) is 10.4 Å². The fraction of sp³-hybridized carbons (Fsp3) is 0.280. The van der Waals surface area contributed by atoms with Gasteiger partial charge in [-0.1, -0.05) is 6.07 Å². The number of hydrogen-bond acceptors (Lipinski definition) is 8. The van der Waals surface area contributed by atoms with Crippen molar-refractivity contribution in [1.29, 1.82) is 0 Å². The minimum absolute atomic E-state index is 0.0300. The zero-order valence-corrected chi connectivity index (χ0v) is 20.1. The van der Waals surface area contributed by atoms with Crippen molar-refractivity contribution < 1.29 is 23.8 Å². The van der Waals surface area contributed by atoms with E-state index in [1.165, 1.54) is 0 Å². The first-order valence-corrected chi connectivity index (χ1v) is 12.1. The highest BCUT2D eigenvalue weighted by molar-refractivity contribution is 7.09. The molecule has 0 saturated carbocycles. The Labute approximate surface area is 205 Å². The van der Waals surface area contributed by atoms with Gasteiger partial charge in [-0.05, 0) is 49.6 Å². The molecule has 9 nitrogen and oxygen atoms in total. The van der Waals surface area contributed by atoms with Crippen LogP contribution in [0.15, 0.2) is 48.0 Å². The summed E-state index contributed by atoms with van der Waals surface area (Å²) in [5.41, 5.74) is 2.17. The van der Waals surface area contributed by atoms with Crippen LogP contribution in [0.5, 0.6) is 11.5 Å². The third-order valence-corrected chi connectivity index (χ3v) is 6.36. The van der Waals surface area contributed by atoms with Gasteiger partial charge in [-0.2, -0.15) is 5.10 Å². The van der Waals surface area contributed by atoms with Crippen molar-refractivity contribution in [1.82, 2.24) is 20.1 Å². The molecule has 35 heavy (non-hydrogen) atoms. The molecule has 0 atom stereocenters. The smallest absolute Gasteiger partial charge is 0.339 e. The van der Waals surface area contributed by atoms with Crippen molar-refractivity contribution in [2.75, 3.05) is 19.8 Å². The number of amides is 1. The number of nitrogens with zero attached hydrogens (tertiary/aromatic N) is 3. The van der Waals surface area contributed by atoms with Crippen LogP contribution in [0.3, 0.4) is 0 Å². The van der Waals surface area contributed by atoms with Gasteiger partial charge in [0.1, 0.15) is 13.2 Å². The lowest BCUT2D eigenvalue weighted by molar-refractivity contribution is -0.124. The molecule has 0 saturated heterocycles. The molecular weight excluding hydrogens is 468 g/mol. The molecule has 1 aliphatic rings. The molecule has 0 radical (unpaired) electrons. The number of esters is 1. The van der Waals surface area contributed by atoms with Crippen LogP contribution in [0.25, 0.3) is 22.3 Å². The first kappa shape index (κ1) is 22.9. The summed E-state index contributed by atoms with van der Waals surface area (Å²) in [6.07, 6.45) is 1.60. The van der Waals surface area contributed by atoms with Crippen molar-refractivity contribution in [3.05, 3.63) is 58.4 Å². The molecule has 4 heterocycles. The van der Waals surface area contributed by atoms with Crippen LogP contribution in [0, 0.1) is 0 Å². The van der Waals surface area contributed by atoms with Gasteiger partial charge in [0.25, 0.3) is 5.91 Å². The minimum atomic E-state index is -0.620. The van der Waals surface area contributed by atoms with E-state index < -0.39 is 5.97 Å². The Hall–Kier alpha value is -3.92. The number of fused-ring (bicyclic) bond motifs is 2. The van der Waals surface area contributed by atoms with Crippen molar-refractivity contribution in [3.8, 4) is 22.8 Å². The maximum Gasteiger partial charge on any atom is 0.339 e. The van der Waals surface area contributed by atoms with Gasteiger partial charge in [0.2, 0.25) is 0 Å². The maximum atomic E-state index is 13.1. The van der Waals surface area contributed by atoms with E-state index in [2.05, 4.69) is 10.4 Å². The summed E-state index contributed by atoms with van der Waals surface area (Å²) in [4.78, 5) is 31.1. The normalized spacial score (nSPS) is 12.7. The van der Waals surface area contributed by atoms with E-state index in [4.69, 9.17) is 19.2 Å². The number of pyridine rings is 1. The largest absolute Gasteiger partial charge is 0.486 e. The highest BCUT2D eigenvalue weighted by Crippen LogP contribution is 2.35. The highest BCUT2D eigenvalue weighted by Gasteiger charge is 2.21. The first-order chi connectivity index (χ1) is 17.0. The van der Waals surface area contributed by atoms with E-state index in [1.54, 1.807) is 28.3 Å². The van der Waals surface area contributed by atoms with Crippen LogP contribution in [0.1, 0.15) is 35.1 Å². The lowest BCUT2D eigenvalue weighted by Gasteiger charge is -2.19. The van der Waals surface area contributed by atoms with Crippen molar-refractivity contribution in [3.63, 3.8) is 0 Å². The van der Waals surface area contributed by atoms with Crippen LogP contribution < -0.4 is 14.8 Å². The number of aromatic nitrogens is 3. The average molecular weight is 493 g/mol. The van der Waals surface area contributed by atoms with Gasteiger partial charge in [-0.3, -0.25) is 4.79 Å². The SMILES string of the molecule is CC(C)n1ncc2c(C(=O)OCC(=O)NCc3cccs3)cc(-c3ccc4c(c3)OCCO4)nc21. The number of thiophene rings is 1. The summed E-state index contributed by atoms with van der Waals surface area (Å²) in [6.45, 7) is 4.95. The molecule has 0 fully saturated rings. The van der Waals surface area contributed by atoms with Gasteiger partial charge >= 0.3 is 5.97 Å². The number of ether oxygens (including phenoxy) is 3. The van der Waals surface area contributed by atoms with Crippen molar-refractivity contribution in [2.24, 2.45) is 0 Å². The topological polar surface area (TPSA) is 105 Å². The number of carbonyl (C=O) groups is 2. The Bertz CT molecular complexity index is 1380. The Morgan fingerprint density at radius 2 is 2.00 bits per heavy atom. The summed E-state index contributed by atoms with van der Waals surface area (Å²) in [5.74, 6) is 0.300. The Morgan fingerprint density at radius 3 is 2.77 bits per heavy atom. The number of rotatable bonds is 7. The molecule has 0 unspecified atom stereocenters. The van der Waals surface area contributed by atoms with E-state index >= 15 is 0 Å². The number of carbonyl (C=O) groups excluding carboxylic acids is 2. The van der Waals surface area contributed by atoms with Crippen LogP contribution >= 0.6 is 11.3 Å². The molecule has 10 heteroatoms. The van der Waals surface area contributed by atoms with Crippen LogP contribution in [0.2, 0.25) is 0 Å². The van der Waals surface area contributed by atoms with E-state index in [9.17, 15) is 9.59 Å². The second-order valence-electron chi connectivity index (χ2n) is 8.27. The quantitative estimate of drug-likeness (QED) is 0.389. The number of benzene rings is 1. The second-order valence-corrected chi connectivity index (χ2v) is 9.30. The Balaban J connectivity index is 1.42. The van der Waals surface area contributed by atoms with Crippen molar-refractivity contribution >= 4 is 34.2 Å². The summed E-state index contributed by atoms with van der Waals surface area (Å²) in [6, 6.07) is 11.1. The molecule has 1 aliphatic heterocycles. The molecule has 4 aromatic rings. The Morgan fingerprint density at radius 1 is 1.17 bits per heavy atom. The fourth-order valence-electron chi connectivity index (χ4n) is 3.77. The third kappa shape index (κ3) is 4.83. The van der Waals surface area contributed by atoms with E-state index in [-0.39, 0.29) is 24.1 Å². The molecule has 0 spiro atoms. The molecule has 180 valence electrons. The molecule has 0 aliphatic carbocycles. The number of hydrogen-bond donors (Lipinski definition) is 1. The molecule has 3 aromatic heterocycles. The van der Waals surface area contributed by atoms with Gasteiger partial charge in [0, 0.05) is 16.5 Å². The van der Waals surface area contributed by atoms with Gasteiger partial charge < -0.3 is 19.5 Å². The average Bonchev–Trinajstić information content (AvgIpc) is 3.55. The monoisotopic (exact) mass is 492 g/mol. The molecule has 0 bridgehead atoms.